The molecule has 2 aromatic carbocycles. The molecule has 0 amide bonds. The van der Waals surface area contributed by atoms with Crippen molar-refractivity contribution >= 4 is 28.5 Å². The predicted octanol–water partition coefficient (Wildman–Crippen LogP) is 4.30. The smallest absolute Gasteiger partial charge is 0.180 e. The molecule has 1 atom stereocenters. The Hall–Kier alpha value is -3.78. The number of hydrogen-bond donors (Lipinski definition) is 3. The molecule has 0 radical (unpaired) electrons. The van der Waals surface area contributed by atoms with E-state index in [1.165, 1.54) is 0 Å². The minimum Gasteiger partial charge on any atom is -0.490 e. The molecule has 1 fully saturated rings. The molecule has 0 unspecified atom stereocenters. The molecule has 4 aromatic rings. The summed E-state index contributed by atoms with van der Waals surface area (Å²) in [6.07, 6.45) is 7.53. The lowest BCUT2D eigenvalue weighted by Crippen LogP contribution is -2.46. The molecule has 2 aromatic heterocycles. The normalized spacial score (nSPS) is 19.9. The topological polar surface area (TPSA) is 87.0 Å². The van der Waals surface area contributed by atoms with Gasteiger partial charge in [-0.2, -0.15) is 0 Å². The zero-order valence-electron chi connectivity index (χ0n) is 19.2. The molecule has 174 valence electrons. The van der Waals surface area contributed by atoms with E-state index in [-0.39, 0.29) is 0 Å². The molecule has 2 aliphatic rings. The first-order valence-electron chi connectivity index (χ1n) is 11.7. The van der Waals surface area contributed by atoms with Gasteiger partial charge in [-0.05, 0) is 62.2 Å². The van der Waals surface area contributed by atoms with E-state index in [4.69, 9.17) is 9.72 Å². The third-order valence-corrected chi connectivity index (χ3v) is 6.49. The van der Waals surface area contributed by atoms with Crippen molar-refractivity contribution in [2.75, 3.05) is 41.8 Å². The molecule has 6 rings (SSSR count). The van der Waals surface area contributed by atoms with E-state index in [0.717, 1.165) is 65.6 Å². The number of anilines is 4. The van der Waals surface area contributed by atoms with Crippen molar-refractivity contribution in [3.05, 3.63) is 61.1 Å². The summed E-state index contributed by atoms with van der Waals surface area (Å²) in [5.41, 5.74) is 5.00. The van der Waals surface area contributed by atoms with E-state index in [1.807, 2.05) is 48.0 Å². The van der Waals surface area contributed by atoms with Gasteiger partial charge in [-0.25, -0.2) is 9.97 Å². The van der Waals surface area contributed by atoms with Gasteiger partial charge in [0, 0.05) is 55.2 Å². The Kier molecular flexibility index (Phi) is 5.03. The number of β-amino-alcohol motifs (C(OH)–C–C–N with tert-alkyl or cyclic N) is 1. The number of benzene rings is 2. The Labute approximate surface area is 198 Å². The fourth-order valence-electron chi connectivity index (χ4n) is 4.79. The maximum absolute atomic E-state index is 10.4. The number of piperidine rings is 1. The number of imidazole rings is 1. The number of nitrogens with one attached hydrogen (secondary N) is 2. The highest BCUT2D eigenvalue weighted by molar-refractivity contribution is 5.76. The van der Waals surface area contributed by atoms with Gasteiger partial charge < -0.3 is 29.8 Å². The van der Waals surface area contributed by atoms with E-state index < -0.39 is 5.60 Å². The SMILES string of the molecule is C[C@@]1(O)CCCN(c2ccc(Nc3nc(-c4ccc5c(c4)NCCO5)cn4ccnc34)cc2)C1. The fraction of sp³-hybridized carbons (Fsp3) is 0.308. The second kappa shape index (κ2) is 8.22. The van der Waals surface area contributed by atoms with Crippen LogP contribution >= 0.6 is 0 Å². The van der Waals surface area contributed by atoms with Crippen molar-refractivity contribution in [2.24, 2.45) is 0 Å². The maximum atomic E-state index is 10.4. The highest BCUT2D eigenvalue weighted by Crippen LogP contribution is 2.33. The first-order chi connectivity index (χ1) is 16.5. The fourth-order valence-corrected chi connectivity index (χ4v) is 4.79. The maximum Gasteiger partial charge on any atom is 0.180 e. The minimum absolute atomic E-state index is 0.635. The van der Waals surface area contributed by atoms with Crippen molar-refractivity contribution in [3.8, 4) is 17.0 Å². The molecule has 0 spiro atoms. The van der Waals surface area contributed by atoms with E-state index >= 15 is 0 Å². The van der Waals surface area contributed by atoms with Crippen LogP contribution in [0, 0.1) is 0 Å². The van der Waals surface area contributed by atoms with Gasteiger partial charge >= 0.3 is 0 Å². The Balaban J connectivity index is 1.29. The number of fused-ring (bicyclic) bond motifs is 2. The van der Waals surface area contributed by atoms with Crippen molar-refractivity contribution < 1.29 is 9.84 Å². The molecular weight excluding hydrogens is 428 g/mol. The van der Waals surface area contributed by atoms with Crippen LogP contribution in [0.25, 0.3) is 16.9 Å². The summed E-state index contributed by atoms with van der Waals surface area (Å²) in [5, 5.41) is 17.3. The molecule has 0 bridgehead atoms. The van der Waals surface area contributed by atoms with Gasteiger partial charge in [0.2, 0.25) is 0 Å². The van der Waals surface area contributed by atoms with Crippen LogP contribution in [0.2, 0.25) is 0 Å². The third-order valence-electron chi connectivity index (χ3n) is 6.49. The van der Waals surface area contributed by atoms with E-state index in [9.17, 15) is 5.11 Å². The highest BCUT2D eigenvalue weighted by atomic mass is 16.5. The quantitative estimate of drug-likeness (QED) is 0.422. The average molecular weight is 457 g/mol. The van der Waals surface area contributed by atoms with Gasteiger partial charge in [0.05, 0.1) is 17.0 Å². The Morgan fingerprint density at radius 1 is 1.18 bits per heavy atom. The summed E-state index contributed by atoms with van der Waals surface area (Å²) in [7, 11) is 0. The predicted molar refractivity (Wildman–Crippen MR) is 134 cm³/mol. The Morgan fingerprint density at radius 2 is 2.06 bits per heavy atom. The highest BCUT2D eigenvalue weighted by Gasteiger charge is 2.28. The molecule has 34 heavy (non-hydrogen) atoms. The average Bonchev–Trinajstić information content (AvgIpc) is 3.33. The van der Waals surface area contributed by atoms with Crippen molar-refractivity contribution in [3.63, 3.8) is 0 Å². The lowest BCUT2D eigenvalue weighted by atomic mass is 9.95. The molecule has 3 N–H and O–H groups in total. The van der Waals surface area contributed by atoms with Crippen LogP contribution in [0.3, 0.4) is 0 Å². The summed E-state index contributed by atoms with van der Waals surface area (Å²) >= 11 is 0. The van der Waals surface area contributed by atoms with Crippen LogP contribution in [-0.2, 0) is 0 Å². The Bertz CT molecular complexity index is 1330. The molecule has 4 heterocycles. The standard InChI is InChI=1S/C26H28N6O2/c1-26(33)9-2-12-32(17-26)20-6-4-19(5-7-20)29-24-25-28-10-13-31(25)16-22(30-24)18-3-8-23-21(15-18)27-11-14-34-23/h3-8,10,13,15-16,27,33H,2,9,11-12,14,17H2,1H3,(H,29,30)/t26-/m1/s1. The molecular formula is C26H28N6O2. The van der Waals surface area contributed by atoms with Crippen LogP contribution in [0.5, 0.6) is 5.75 Å². The van der Waals surface area contributed by atoms with Crippen LogP contribution in [0.4, 0.5) is 22.9 Å². The van der Waals surface area contributed by atoms with E-state index in [2.05, 4.69) is 38.7 Å². The number of hydrogen-bond acceptors (Lipinski definition) is 7. The number of aromatic nitrogens is 3. The van der Waals surface area contributed by atoms with E-state index in [1.54, 1.807) is 6.20 Å². The zero-order valence-corrected chi connectivity index (χ0v) is 19.2. The third kappa shape index (κ3) is 4.01. The van der Waals surface area contributed by atoms with Gasteiger partial charge in [0.1, 0.15) is 12.4 Å². The minimum atomic E-state index is -0.635. The lowest BCUT2D eigenvalue weighted by Gasteiger charge is -2.38. The lowest BCUT2D eigenvalue weighted by molar-refractivity contribution is 0.0449. The van der Waals surface area contributed by atoms with Crippen LogP contribution < -0.4 is 20.3 Å². The second-order valence-electron chi connectivity index (χ2n) is 9.31. The van der Waals surface area contributed by atoms with Crippen LogP contribution in [-0.4, -0.2) is 51.3 Å². The molecule has 2 aliphatic heterocycles. The number of ether oxygens (including phenoxy) is 1. The molecule has 1 saturated heterocycles. The van der Waals surface area contributed by atoms with Crippen LogP contribution in [0.15, 0.2) is 61.1 Å². The largest absolute Gasteiger partial charge is 0.490 e. The van der Waals surface area contributed by atoms with Gasteiger partial charge in [0.15, 0.2) is 11.5 Å². The monoisotopic (exact) mass is 456 g/mol. The summed E-state index contributed by atoms with van der Waals surface area (Å²) in [4.78, 5) is 11.7. The summed E-state index contributed by atoms with van der Waals surface area (Å²) in [5.74, 6) is 1.56. The Morgan fingerprint density at radius 3 is 2.91 bits per heavy atom. The summed E-state index contributed by atoms with van der Waals surface area (Å²) in [6, 6.07) is 14.4. The van der Waals surface area contributed by atoms with Gasteiger partial charge in [0.25, 0.3) is 0 Å². The molecule has 0 saturated carbocycles. The first-order valence-corrected chi connectivity index (χ1v) is 11.7. The van der Waals surface area contributed by atoms with Crippen molar-refractivity contribution in [2.45, 2.75) is 25.4 Å². The van der Waals surface area contributed by atoms with Crippen molar-refractivity contribution in [1.82, 2.24) is 14.4 Å². The summed E-state index contributed by atoms with van der Waals surface area (Å²) < 4.78 is 7.70. The molecule has 0 aliphatic carbocycles. The number of rotatable bonds is 4. The van der Waals surface area contributed by atoms with Gasteiger partial charge in [-0.3, -0.25) is 0 Å². The molecule has 8 heteroatoms. The van der Waals surface area contributed by atoms with Crippen molar-refractivity contribution in [1.29, 1.82) is 0 Å². The first kappa shape index (κ1) is 20.8. The van der Waals surface area contributed by atoms with Gasteiger partial charge in [-0.15, -0.1) is 0 Å². The summed E-state index contributed by atoms with van der Waals surface area (Å²) in [6.45, 7) is 4.99. The zero-order chi connectivity index (χ0) is 23.1. The van der Waals surface area contributed by atoms with E-state index in [0.29, 0.717) is 19.0 Å². The van der Waals surface area contributed by atoms with Gasteiger partial charge in [-0.1, -0.05) is 0 Å². The molecule has 8 nitrogen and oxygen atoms in total. The second-order valence-corrected chi connectivity index (χ2v) is 9.31. The number of nitrogens with zero attached hydrogens (tertiary/aromatic N) is 4. The van der Waals surface area contributed by atoms with Crippen LogP contribution in [0.1, 0.15) is 19.8 Å². The number of aliphatic hydroxyl groups is 1.